The van der Waals surface area contributed by atoms with Gasteiger partial charge in [-0.2, -0.15) is 0 Å². The van der Waals surface area contributed by atoms with E-state index in [1.165, 1.54) is 25.1 Å². The fraction of sp³-hybridized carbons (Fsp3) is 0.571. The van der Waals surface area contributed by atoms with Crippen molar-refractivity contribution in [2.24, 2.45) is 35.3 Å². The van der Waals surface area contributed by atoms with Crippen LogP contribution in [0.1, 0.15) is 36.2 Å². The lowest BCUT2D eigenvalue weighted by atomic mass is 9.52. The number of carbonyl (C=O) groups excluding carboxylic acids is 6. The molecule has 2 fully saturated rings. The first-order valence-corrected chi connectivity index (χ1v) is 13.4. The fourth-order valence-corrected chi connectivity index (χ4v) is 6.53. The molecule has 3 aliphatic rings. The summed E-state index contributed by atoms with van der Waals surface area (Å²) < 4.78 is 5.13. The molecule has 6 atom stereocenters. The second kappa shape index (κ2) is 10.5. The van der Waals surface area contributed by atoms with Crippen LogP contribution in [0, 0.1) is 29.6 Å². The van der Waals surface area contributed by atoms with E-state index >= 15 is 0 Å². The van der Waals surface area contributed by atoms with Crippen LogP contribution in [0.4, 0.5) is 16.2 Å². The van der Waals surface area contributed by atoms with E-state index in [1.807, 2.05) is 13.8 Å². The molecule has 4 rings (SSSR count). The number of nitrogens with zero attached hydrogens (tertiary/aromatic N) is 2. The summed E-state index contributed by atoms with van der Waals surface area (Å²) in [6.07, 6.45) is -0.806. The minimum absolute atomic E-state index is 0.0553. The molecule has 0 aromatic heterocycles. The number of benzene rings is 1. The van der Waals surface area contributed by atoms with Crippen molar-refractivity contribution >= 4 is 46.5 Å². The second-order valence-corrected chi connectivity index (χ2v) is 11.9. The maximum Gasteiger partial charge on any atom is 0.411 e. The third-order valence-corrected chi connectivity index (χ3v) is 8.30. The average molecular weight is 573 g/mol. The highest BCUT2D eigenvalue weighted by molar-refractivity contribution is 6.32. The van der Waals surface area contributed by atoms with E-state index in [0.717, 1.165) is 0 Å². The molecule has 0 spiro atoms. The number of nitrogens with one attached hydrogen (secondary N) is 1. The number of hydrogen-bond donors (Lipinski definition) is 4. The van der Waals surface area contributed by atoms with Crippen molar-refractivity contribution in [2.75, 3.05) is 45.0 Å². The number of aliphatic hydroxyl groups is 1. The second-order valence-electron chi connectivity index (χ2n) is 11.9. The summed E-state index contributed by atoms with van der Waals surface area (Å²) in [7, 11) is 6.47. The highest BCUT2D eigenvalue weighted by Gasteiger charge is 2.69. The number of ether oxygens (including phenoxy) is 1. The van der Waals surface area contributed by atoms with Gasteiger partial charge in [-0.1, -0.05) is 13.8 Å². The van der Waals surface area contributed by atoms with E-state index in [4.69, 9.17) is 10.5 Å². The summed E-state index contributed by atoms with van der Waals surface area (Å²) in [5, 5.41) is 25.3. The van der Waals surface area contributed by atoms with Gasteiger partial charge < -0.3 is 25.6 Å². The molecule has 0 aliphatic heterocycles. The number of carbonyl (C=O) groups is 6. The number of aromatic hydroxyl groups is 1. The molecule has 13 heteroatoms. The van der Waals surface area contributed by atoms with Crippen LogP contribution in [-0.2, 0) is 30.3 Å². The molecule has 0 saturated heterocycles. The smallest absolute Gasteiger partial charge is 0.411 e. The quantitative estimate of drug-likeness (QED) is 0.267. The van der Waals surface area contributed by atoms with Gasteiger partial charge in [0, 0.05) is 25.7 Å². The number of anilines is 2. The van der Waals surface area contributed by atoms with Crippen molar-refractivity contribution < 1.29 is 43.7 Å². The van der Waals surface area contributed by atoms with Crippen LogP contribution >= 0.6 is 0 Å². The van der Waals surface area contributed by atoms with Gasteiger partial charge in [0.2, 0.25) is 5.91 Å². The number of nitrogens with two attached hydrogens (primary N) is 1. The number of Topliss-reactive ketones (excluding diaryl/α,β-unsaturated/α-hetero) is 4. The Morgan fingerprint density at radius 3 is 2.32 bits per heavy atom. The molecule has 222 valence electrons. The molecule has 13 nitrogen and oxygen atoms in total. The predicted molar refractivity (Wildman–Crippen MR) is 145 cm³/mol. The van der Waals surface area contributed by atoms with Crippen LogP contribution in [0.25, 0.3) is 0 Å². The van der Waals surface area contributed by atoms with Crippen molar-refractivity contribution in [3.8, 4) is 5.75 Å². The molecular weight excluding hydrogens is 536 g/mol. The largest absolute Gasteiger partial charge is 0.505 e. The number of primary amides is 1. The highest BCUT2D eigenvalue weighted by atomic mass is 16.5. The number of fused-ring (bicyclic) bond motifs is 3. The molecule has 3 aliphatic carbocycles. The van der Waals surface area contributed by atoms with E-state index in [2.05, 4.69) is 5.32 Å². The summed E-state index contributed by atoms with van der Waals surface area (Å²) in [6.45, 7) is 3.82. The van der Waals surface area contributed by atoms with E-state index in [0.29, 0.717) is 11.3 Å². The predicted octanol–water partition coefficient (Wildman–Crippen LogP) is 0.138. The van der Waals surface area contributed by atoms with Crippen LogP contribution in [-0.4, -0.2) is 96.7 Å². The molecule has 1 aromatic carbocycles. The zero-order chi connectivity index (χ0) is 30.7. The molecule has 5 N–H and O–H groups in total. The molecule has 2 unspecified atom stereocenters. The molecule has 2 amide bonds. The fourth-order valence-electron chi connectivity index (χ4n) is 6.53. The number of likely N-dealkylation sites (N-methyl/N-ethyl adjacent to an activating group) is 1. The molecule has 0 bridgehead atoms. The van der Waals surface area contributed by atoms with E-state index < -0.39 is 76.2 Å². The Hall–Kier alpha value is -3.84. The van der Waals surface area contributed by atoms with E-state index in [-0.39, 0.29) is 36.6 Å². The number of phenolic OH excluding ortho intramolecular Hbond substituents is 1. The van der Waals surface area contributed by atoms with Gasteiger partial charge in [0.15, 0.2) is 34.7 Å². The van der Waals surface area contributed by atoms with Gasteiger partial charge >= 0.3 is 6.09 Å². The minimum atomic E-state index is -2.81. The Morgan fingerprint density at radius 1 is 1.15 bits per heavy atom. The summed E-state index contributed by atoms with van der Waals surface area (Å²) in [5.41, 5.74) is 3.11. The maximum absolute atomic E-state index is 14.0. The van der Waals surface area contributed by atoms with Gasteiger partial charge in [-0.15, -0.1) is 0 Å². The summed E-state index contributed by atoms with van der Waals surface area (Å²) >= 11 is 0. The Morgan fingerprint density at radius 2 is 1.78 bits per heavy atom. The van der Waals surface area contributed by atoms with Crippen LogP contribution in [0.2, 0.25) is 0 Å². The molecule has 2 saturated carbocycles. The van der Waals surface area contributed by atoms with Crippen LogP contribution in [0.5, 0.6) is 5.75 Å². The third kappa shape index (κ3) is 4.66. The van der Waals surface area contributed by atoms with Gasteiger partial charge in [-0.25, -0.2) is 4.79 Å². The minimum Gasteiger partial charge on any atom is -0.505 e. The Bertz CT molecular complexity index is 1350. The van der Waals surface area contributed by atoms with E-state index in [1.54, 1.807) is 19.0 Å². The lowest BCUT2D eigenvalue weighted by Gasteiger charge is -2.52. The average Bonchev–Trinajstić information content (AvgIpc) is 2.85. The zero-order valence-electron chi connectivity index (χ0n) is 23.9. The summed E-state index contributed by atoms with van der Waals surface area (Å²) in [5.74, 6) is -11.4. The molecule has 1 aromatic rings. The van der Waals surface area contributed by atoms with Crippen LogP contribution < -0.4 is 16.0 Å². The Kier molecular flexibility index (Phi) is 7.74. The van der Waals surface area contributed by atoms with Crippen molar-refractivity contribution in [1.29, 1.82) is 0 Å². The lowest BCUT2D eigenvalue weighted by Crippen LogP contribution is -2.74. The van der Waals surface area contributed by atoms with Crippen molar-refractivity contribution in [3.05, 3.63) is 17.2 Å². The molecular formula is C28H36N4O9. The molecule has 0 heterocycles. The van der Waals surface area contributed by atoms with Gasteiger partial charge in [-0.3, -0.25) is 34.2 Å². The van der Waals surface area contributed by atoms with Crippen molar-refractivity contribution in [1.82, 2.24) is 4.90 Å². The van der Waals surface area contributed by atoms with Crippen molar-refractivity contribution in [3.63, 3.8) is 0 Å². The number of ketones is 4. The number of phenols is 1. The van der Waals surface area contributed by atoms with Gasteiger partial charge in [0.25, 0.3) is 0 Å². The topological polar surface area (TPSA) is 197 Å². The Balaban J connectivity index is 1.83. The summed E-state index contributed by atoms with van der Waals surface area (Å²) in [6, 6.07) is 0.314. The maximum atomic E-state index is 14.0. The normalized spacial score (nSPS) is 29.1. The number of rotatable bonds is 6. The number of hydrogen-bond acceptors (Lipinski definition) is 11. The lowest BCUT2D eigenvalue weighted by molar-refractivity contribution is -0.181. The Labute approximate surface area is 237 Å². The van der Waals surface area contributed by atoms with Gasteiger partial charge in [0.1, 0.15) is 5.75 Å². The highest BCUT2D eigenvalue weighted by Crippen LogP contribution is 2.52. The van der Waals surface area contributed by atoms with Gasteiger partial charge in [0.05, 0.1) is 29.8 Å². The van der Waals surface area contributed by atoms with E-state index in [9.17, 15) is 39.0 Å². The standard InChI is InChI=1S/C28H36N4O9/c1-11(2)10-41-27(39)30-15-9-16(31(3)4)13-7-12-8-14-20(32(5)6)23(35)19(26(29)38)25(37)28(14,40)24(36)17(12)22(34)18(13)21(15)33/h9,11-12,14,17,19-20,33,40H,7-8,10H2,1-6H3,(H2,29,38)(H,30,39)/t12-,14-,17?,19?,20-,28-/m0/s1. The summed E-state index contributed by atoms with van der Waals surface area (Å²) in [4.78, 5) is 82.2. The van der Waals surface area contributed by atoms with Gasteiger partial charge in [-0.05, 0) is 50.4 Å². The van der Waals surface area contributed by atoms with Crippen LogP contribution in [0.15, 0.2) is 6.07 Å². The zero-order valence-corrected chi connectivity index (χ0v) is 23.9. The number of amides is 2. The SMILES string of the molecule is CC(C)COC(=O)Nc1cc(N(C)C)c2c(c1O)C(=O)C1C(=O)[C@]3(O)C(=O)C(C(N)=O)C(=O)[C@@H](N(C)C)[C@@H]3C[C@@H]1C2. The van der Waals surface area contributed by atoms with Crippen molar-refractivity contribution in [2.45, 2.75) is 38.3 Å². The monoisotopic (exact) mass is 572 g/mol. The first-order chi connectivity index (χ1) is 19.0. The first-order valence-electron chi connectivity index (χ1n) is 13.4. The van der Waals surface area contributed by atoms with Crippen LogP contribution in [0.3, 0.4) is 0 Å². The molecule has 0 radical (unpaired) electrons. The third-order valence-electron chi connectivity index (χ3n) is 8.30. The molecule has 41 heavy (non-hydrogen) atoms. The first kappa shape index (κ1) is 30.1.